The Balaban J connectivity index is 1.61. The predicted molar refractivity (Wildman–Crippen MR) is 84.7 cm³/mol. The first-order valence-electron chi connectivity index (χ1n) is 6.49. The Morgan fingerprint density at radius 1 is 1.40 bits per heavy atom. The van der Waals surface area contributed by atoms with E-state index in [2.05, 4.69) is 19.9 Å². The van der Waals surface area contributed by atoms with Gasteiger partial charge in [-0.15, -0.1) is 0 Å². The fourth-order valence-corrected chi connectivity index (χ4v) is 3.45. The molecule has 2 aromatic heterocycles. The van der Waals surface area contributed by atoms with Crippen molar-refractivity contribution in [1.82, 2.24) is 14.5 Å². The second-order valence-corrected chi connectivity index (χ2v) is 6.14. The average molecular weight is 307 g/mol. The number of hydrogen-bond donors (Lipinski definition) is 1. The third-order valence-electron chi connectivity index (χ3n) is 3.08. The summed E-state index contributed by atoms with van der Waals surface area (Å²) in [5.41, 5.74) is 2.16. The van der Waals surface area contributed by atoms with Crippen LogP contribution in [0.3, 0.4) is 0 Å². The Morgan fingerprint density at radius 2 is 2.30 bits per heavy atom. The minimum absolute atomic E-state index is 0.769. The summed E-state index contributed by atoms with van der Waals surface area (Å²) in [5.74, 6) is 0. The molecule has 104 valence electrons. The van der Waals surface area contributed by atoms with Crippen LogP contribution in [-0.4, -0.2) is 21.1 Å². The highest BCUT2D eigenvalue weighted by atomic mass is 35.5. The van der Waals surface area contributed by atoms with E-state index < -0.39 is 0 Å². The molecule has 0 spiro atoms. The Labute approximate surface area is 126 Å². The van der Waals surface area contributed by atoms with E-state index >= 15 is 0 Å². The Kier molecular flexibility index (Phi) is 3.89. The number of thiazole rings is 1. The fraction of sp³-hybridized carbons (Fsp3) is 0.286. The molecule has 1 aromatic carbocycles. The largest absolute Gasteiger partial charge is 0.361 e. The lowest BCUT2D eigenvalue weighted by atomic mass is 10.2. The molecule has 0 fully saturated rings. The number of nitrogens with zero attached hydrogens (tertiary/aromatic N) is 3. The molecule has 6 heteroatoms. The van der Waals surface area contributed by atoms with E-state index in [1.807, 2.05) is 31.6 Å². The Morgan fingerprint density at radius 3 is 3.10 bits per heavy atom. The smallest absolute Gasteiger partial charge is 0.183 e. The minimum atomic E-state index is 0.769. The summed E-state index contributed by atoms with van der Waals surface area (Å²) in [5, 5.41) is 5.10. The number of nitrogens with one attached hydrogen (secondary N) is 1. The highest BCUT2D eigenvalue weighted by Gasteiger charge is 2.07. The van der Waals surface area contributed by atoms with Gasteiger partial charge in [0, 0.05) is 30.5 Å². The molecule has 0 aliphatic rings. The molecule has 3 rings (SSSR count). The van der Waals surface area contributed by atoms with Gasteiger partial charge in [-0.1, -0.05) is 22.9 Å². The molecule has 3 aromatic rings. The molecule has 2 heterocycles. The summed E-state index contributed by atoms with van der Waals surface area (Å²) in [7, 11) is 0. The maximum Gasteiger partial charge on any atom is 0.183 e. The van der Waals surface area contributed by atoms with E-state index in [4.69, 9.17) is 11.6 Å². The number of rotatable bonds is 5. The second-order valence-electron chi connectivity index (χ2n) is 4.67. The number of anilines is 1. The average Bonchev–Trinajstić information content (AvgIpc) is 3.03. The zero-order valence-corrected chi connectivity index (χ0v) is 12.7. The van der Waals surface area contributed by atoms with Gasteiger partial charge in [-0.05, 0) is 31.0 Å². The van der Waals surface area contributed by atoms with Crippen LogP contribution in [0.15, 0.2) is 30.9 Å². The van der Waals surface area contributed by atoms with Gasteiger partial charge in [-0.2, -0.15) is 0 Å². The van der Waals surface area contributed by atoms with E-state index in [-0.39, 0.29) is 0 Å². The number of fused-ring (bicyclic) bond motifs is 1. The minimum Gasteiger partial charge on any atom is -0.361 e. The van der Waals surface area contributed by atoms with Gasteiger partial charge in [-0.3, -0.25) is 0 Å². The maximum atomic E-state index is 6.07. The van der Waals surface area contributed by atoms with Crippen LogP contribution in [0.2, 0.25) is 5.02 Å². The molecule has 0 radical (unpaired) electrons. The van der Waals surface area contributed by atoms with Crippen LogP contribution < -0.4 is 5.32 Å². The molecule has 20 heavy (non-hydrogen) atoms. The lowest BCUT2D eigenvalue weighted by molar-refractivity contribution is 0.660. The van der Waals surface area contributed by atoms with Crippen molar-refractivity contribution in [3.8, 4) is 0 Å². The van der Waals surface area contributed by atoms with Crippen molar-refractivity contribution in [3.63, 3.8) is 0 Å². The van der Waals surface area contributed by atoms with Gasteiger partial charge in [0.2, 0.25) is 0 Å². The molecule has 0 aliphatic heterocycles. The van der Waals surface area contributed by atoms with Crippen LogP contribution in [0, 0.1) is 6.92 Å². The summed E-state index contributed by atoms with van der Waals surface area (Å²) < 4.78 is 3.20. The molecule has 0 saturated carbocycles. The third kappa shape index (κ3) is 2.94. The topological polar surface area (TPSA) is 42.7 Å². The summed E-state index contributed by atoms with van der Waals surface area (Å²) in [6.45, 7) is 3.89. The first-order chi connectivity index (χ1) is 9.72. The monoisotopic (exact) mass is 306 g/mol. The quantitative estimate of drug-likeness (QED) is 0.726. The lowest BCUT2D eigenvalue weighted by Gasteiger charge is -2.03. The number of aromatic nitrogens is 3. The summed E-state index contributed by atoms with van der Waals surface area (Å²) in [4.78, 5) is 8.64. The zero-order valence-electron chi connectivity index (χ0n) is 11.1. The lowest BCUT2D eigenvalue weighted by Crippen LogP contribution is -2.05. The third-order valence-corrected chi connectivity index (χ3v) is 4.26. The maximum absolute atomic E-state index is 6.07. The first-order valence-corrected chi connectivity index (χ1v) is 7.68. The van der Waals surface area contributed by atoms with E-state index in [1.54, 1.807) is 17.5 Å². The molecule has 0 unspecified atom stereocenters. The summed E-state index contributed by atoms with van der Waals surface area (Å²) in [6, 6.07) is 3.92. The van der Waals surface area contributed by atoms with Crippen LogP contribution in [0.25, 0.3) is 10.2 Å². The molecule has 0 saturated heterocycles. The Bertz CT molecular complexity index is 705. The van der Waals surface area contributed by atoms with E-state index in [0.29, 0.717) is 0 Å². The van der Waals surface area contributed by atoms with E-state index in [1.165, 1.54) is 0 Å². The van der Waals surface area contributed by atoms with E-state index in [9.17, 15) is 0 Å². The highest BCUT2D eigenvalue weighted by molar-refractivity contribution is 7.22. The fourth-order valence-electron chi connectivity index (χ4n) is 2.11. The first kappa shape index (κ1) is 13.4. The van der Waals surface area contributed by atoms with Crippen molar-refractivity contribution in [2.24, 2.45) is 0 Å². The second kappa shape index (κ2) is 5.81. The predicted octanol–water partition coefficient (Wildman–Crippen LogP) is 3.96. The number of halogens is 1. The van der Waals surface area contributed by atoms with Gasteiger partial charge in [-0.25, -0.2) is 9.97 Å². The van der Waals surface area contributed by atoms with Crippen molar-refractivity contribution in [1.29, 1.82) is 0 Å². The van der Waals surface area contributed by atoms with Crippen LogP contribution in [0.5, 0.6) is 0 Å². The van der Waals surface area contributed by atoms with Gasteiger partial charge in [0.1, 0.15) is 0 Å². The van der Waals surface area contributed by atoms with Gasteiger partial charge in [0.25, 0.3) is 0 Å². The number of imidazole rings is 1. The van der Waals surface area contributed by atoms with Crippen molar-refractivity contribution < 1.29 is 0 Å². The van der Waals surface area contributed by atoms with Crippen molar-refractivity contribution in [2.45, 2.75) is 19.9 Å². The molecule has 0 bridgehead atoms. The number of hydrogen-bond acceptors (Lipinski definition) is 4. The van der Waals surface area contributed by atoms with Crippen LogP contribution in [-0.2, 0) is 6.54 Å². The zero-order chi connectivity index (χ0) is 13.9. The number of benzene rings is 1. The molecular formula is C14H15ClN4S. The molecular weight excluding hydrogens is 292 g/mol. The summed E-state index contributed by atoms with van der Waals surface area (Å²) >= 11 is 7.71. The molecule has 1 N–H and O–H groups in total. The van der Waals surface area contributed by atoms with Crippen molar-refractivity contribution in [2.75, 3.05) is 11.9 Å². The molecule has 0 amide bonds. The normalized spacial score (nSPS) is 11.1. The molecule has 0 atom stereocenters. The van der Waals surface area contributed by atoms with Crippen molar-refractivity contribution >= 4 is 38.3 Å². The van der Waals surface area contributed by atoms with E-state index in [0.717, 1.165) is 45.4 Å². The molecule has 4 nitrogen and oxygen atoms in total. The summed E-state index contributed by atoms with van der Waals surface area (Å²) in [6.07, 6.45) is 6.64. The SMILES string of the molecule is Cc1cc(Cl)cc2sc(NCCCn3ccnc3)nc12. The standard InChI is InChI=1S/C14H15ClN4S/c1-10-7-11(15)8-12-13(10)18-14(20-12)17-3-2-5-19-6-4-16-9-19/h4,6-9H,2-3,5H2,1H3,(H,17,18). The van der Waals surface area contributed by atoms with Gasteiger partial charge >= 0.3 is 0 Å². The van der Waals surface area contributed by atoms with Gasteiger partial charge in [0.05, 0.1) is 16.5 Å². The van der Waals surface area contributed by atoms with Crippen LogP contribution in [0.1, 0.15) is 12.0 Å². The van der Waals surface area contributed by atoms with Crippen LogP contribution >= 0.6 is 22.9 Å². The van der Waals surface area contributed by atoms with Gasteiger partial charge in [0.15, 0.2) is 5.13 Å². The van der Waals surface area contributed by atoms with Gasteiger partial charge < -0.3 is 9.88 Å². The van der Waals surface area contributed by atoms with Crippen molar-refractivity contribution in [3.05, 3.63) is 41.4 Å². The molecule has 0 aliphatic carbocycles. The highest BCUT2D eigenvalue weighted by Crippen LogP contribution is 2.30. The number of aryl methyl sites for hydroxylation is 2. The Hall–Kier alpha value is -1.59. The van der Waals surface area contributed by atoms with Crippen LogP contribution in [0.4, 0.5) is 5.13 Å².